The molecule has 0 saturated heterocycles. The van der Waals surface area contributed by atoms with Gasteiger partial charge >= 0.3 is 17.9 Å². The van der Waals surface area contributed by atoms with Crippen LogP contribution in [-0.2, 0) is 14.2 Å². The lowest BCUT2D eigenvalue weighted by Crippen LogP contribution is -2.14. The van der Waals surface area contributed by atoms with Crippen LogP contribution in [0.15, 0.2) is 36.4 Å². The zero-order chi connectivity index (χ0) is 33.8. The standard InChI is InChI=1S/C35H34O11/c1-9-18-46-35(38)29-25(16-12-21-10-14-23(33(36)44-7)27(19-21)39-2)30(41-4)32(43-6)31(42-5)26(29)17-13-22-11-15-24(34(37)45-8)28(20-22)40-3/h10-11,14-15,19-20H,9,18H2,1-8H3. The third-order valence-electron chi connectivity index (χ3n) is 6.50. The lowest BCUT2D eigenvalue weighted by Gasteiger charge is -2.19. The average Bonchev–Trinajstić information content (AvgIpc) is 3.09. The quantitative estimate of drug-likeness (QED) is 0.176. The van der Waals surface area contributed by atoms with Crippen LogP contribution in [0.3, 0.4) is 0 Å². The summed E-state index contributed by atoms with van der Waals surface area (Å²) in [5, 5.41) is 0. The van der Waals surface area contributed by atoms with Gasteiger partial charge in [-0.3, -0.25) is 0 Å². The van der Waals surface area contributed by atoms with Crippen LogP contribution < -0.4 is 23.7 Å². The molecule has 0 aliphatic heterocycles. The molecule has 3 aromatic carbocycles. The third kappa shape index (κ3) is 7.45. The maximum absolute atomic E-state index is 13.7. The van der Waals surface area contributed by atoms with Crippen molar-refractivity contribution in [2.75, 3.05) is 56.4 Å². The molecule has 0 atom stereocenters. The van der Waals surface area contributed by atoms with Crippen LogP contribution in [0.2, 0.25) is 0 Å². The molecule has 0 radical (unpaired) electrons. The Labute approximate surface area is 267 Å². The Kier molecular flexibility index (Phi) is 12.3. The van der Waals surface area contributed by atoms with Crippen molar-refractivity contribution in [2.45, 2.75) is 13.3 Å². The molecular formula is C35H34O11. The molecule has 0 saturated carbocycles. The van der Waals surface area contributed by atoms with Crippen LogP contribution in [0.25, 0.3) is 0 Å². The van der Waals surface area contributed by atoms with E-state index in [0.717, 1.165) is 0 Å². The molecule has 3 aromatic rings. The summed E-state index contributed by atoms with van der Waals surface area (Å²) in [6, 6.07) is 9.38. The monoisotopic (exact) mass is 630 g/mol. The molecule has 0 amide bonds. The first-order chi connectivity index (χ1) is 22.2. The van der Waals surface area contributed by atoms with E-state index in [1.54, 1.807) is 24.3 Å². The zero-order valence-corrected chi connectivity index (χ0v) is 26.9. The molecule has 0 aromatic heterocycles. The smallest absolute Gasteiger partial charge is 0.341 e. The number of carbonyl (C=O) groups excluding carboxylic acids is 3. The Bertz CT molecular complexity index is 1640. The normalized spacial score (nSPS) is 9.83. The minimum absolute atomic E-state index is 0.0146. The number of carbonyl (C=O) groups is 3. The summed E-state index contributed by atoms with van der Waals surface area (Å²) in [5.74, 6) is 11.0. The van der Waals surface area contributed by atoms with Gasteiger partial charge in [-0.15, -0.1) is 0 Å². The van der Waals surface area contributed by atoms with Crippen molar-refractivity contribution in [3.63, 3.8) is 0 Å². The number of esters is 3. The summed E-state index contributed by atoms with van der Waals surface area (Å²) in [4.78, 5) is 37.9. The first-order valence-electron chi connectivity index (χ1n) is 13.8. The molecule has 3 rings (SSSR count). The number of hydrogen-bond donors (Lipinski definition) is 0. The van der Waals surface area contributed by atoms with Gasteiger partial charge in [-0.05, 0) is 42.8 Å². The minimum Gasteiger partial charge on any atom is -0.496 e. The van der Waals surface area contributed by atoms with Crippen molar-refractivity contribution in [2.24, 2.45) is 0 Å². The predicted molar refractivity (Wildman–Crippen MR) is 167 cm³/mol. The van der Waals surface area contributed by atoms with E-state index in [9.17, 15) is 14.4 Å². The molecule has 46 heavy (non-hydrogen) atoms. The van der Waals surface area contributed by atoms with Gasteiger partial charge in [-0.25, -0.2) is 14.4 Å². The Morgan fingerprint density at radius 3 is 1.35 bits per heavy atom. The van der Waals surface area contributed by atoms with Crippen molar-refractivity contribution < 1.29 is 52.3 Å². The molecular weight excluding hydrogens is 596 g/mol. The van der Waals surface area contributed by atoms with Crippen molar-refractivity contribution in [1.82, 2.24) is 0 Å². The van der Waals surface area contributed by atoms with E-state index in [0.29, 0.717) is 17.5 Å². The summed E-state index contributed by atoms with van der Waals surface area (Å²) in [5.41, 5.74) is 1.59. The first kappa shape index (κ1) is 34.7. The van der Waals surface area contributed by atoms with E-state index in [-0.39, 0.29) is 63.2 Å². The second-order valence-corrected chi connectivity index (χ2v) is 9.17. The summed E-state index contributed by atoms with van der Waals surface area (Å²) in [6.07, 6.45) is 0.566. The van der Waals surface area contributed by atoms with E-state index in [1.807, 2.05) is 6.92 Å². The third-order valence-corrected chi connectivity index (χ3v) is 6.50. The fourth-order valence-electron chi connectivity index (χ4n) is 4.33. The molecule has 240 valence electrons. The van der Waals surface area contributed by atoms with Crippen LogP contribution >= 0.6 is 0 Å². The van der Waals surface area contributed by atoms with Crippen LogP contribution in [0.5, 0.6) is 28.7 Å². The van der Waals surface area contributed by atoms with Crippen molar-refractivity contribution in [3.8, 4) is 52.4 Å². The SMILES string of the molecule is CCCOC(=O)c1c(C#Cc2ccc(C(=O)OC)c(OC)c2)c(OC)c(OC)c(OC)c1C#Cc1ccc(C(=O)OC)c(OC)c1. The molecule has 0 aliphatic rings. The lowest BCUT2D eigenvalue weighted by molar-refractivity contribution is 0.0502. The Morgan fingerprint density at radius 2 is 1.00 bits per heavy atom. The van der Waals surface area contributed by atoms with Crippen LogP contribution in [0.4, 0.5) is 0 Å². The van der Waals surface area contributed by atoms with Crippen LogP contribution in [0.1, 0.15) is 66.7 Å². The molecule has 0 heterocycles. The van der Waals surface area contributed by atoms with E-state index in [1.165, 1.54) is 61.9 Å². The highest BCUT2D eigenvalue weighted by molar-refractivity contribution is 5.99. The van der Waals surface area contributed by atoms with Crippen LogP contribution in [0, 0.1) is 23.7 Å². The van der Waals surface area contributed by atoms with Crippen molar-refractivity contribution in [3.05, 3.63) is 75.3 Å². The van der Waals surface area contributed by atoms with Gasteiger partial charge in [0, 0.05) is 11.1 Å². The zero-order valence-electron chi connectivity index (χ0n) is 26.9. The maximum atomic E-state index is 13.7. The van der Waals surface area contributed by atoms with Crippen molar-refractivity contribution in [1.29, 1.82) is 0 Å². The topological polar surface area (TPSA) is 125 Å². The second-order valence-electron chi connectivity index (χ2n) is 9.17. The minimum atomic E-state index is -0.716. The van der Waals surface area contributed by atoms with Gasteiger partial charge in [-0.2, -0.15) is 0 Å². The van der Waals surface area contributed by atoms with Crippen molar-refractivity contribution >= 4 is 17.9 Å². The second kappa shape index (κ2) is 16.3. The largest absolute Gasteiger partial charge is 0.496 e. The molecule has 11 heteroatoms. The first-order valence-corrected chi connectivity index (χ1v) is 13.8. The number of ether oxygens (including phenoxy) is 8. The summed E-state index contributed by atoms with van der Waals surface area (Å²) >= 11 is 0. The average molecular weight is 631 g/mol. The molecule has 0 spiro atoms. The number of methoxy groups -OCH3 is 7. The molecule has 11 nitrogen and oxygen atoms in total. The highest BCUT2D eigenvalue weighted by Gasteiger charge is 2.30. The molecule has 0 unspecified atom stereocenters. The van der Waals surface area contributed by atoms with Gasteiger partial charge in [0.2, 0.25) is 5.75 Å². The van der Waals surface area contributed by atoms with Gasteiger partial charge in [0.1, 0.15) is 22.6 Å². The maximum Gasteiger partial charge on any atom is 0.341 e. The fraction of sp³-hybridized carbons (Fsp3) is 0.286. The van der Waals surface area contributed by atoms with Gasteiger partial charge in [0.15, 0.2) is 11.5 Å². The highest BCUT2D eigenvalue weighted by Crippen LogP contribution is 2.45. The molecule has 0 N–H and O–H groups in total. The number of benzene rings is 3. The predicted octanol–water partition coefficient (Wildman–Crippen LogP) is 4.67. The van der Waals surface area contributed by atoms with E-state index >= 15 is 0 Å². The number of rotatable bonds is 10. The Hall–Kier alpha value is -5.81. The fourth-order valence-corrected chi connectivity index (χ4v) is 4.33. The summed E-state index contributed by atoms with van der Waals surface area (Å²) < 4.78 is 42.9. The molecule has 0 fully saturated rings. The highest BCUT2D eigenvalue weighted by atomic mass is 16.5. The lowest BCUT2D eigenvalue weighted by atomic mass is 9.97. The summed E-state index contributed by atoms with van der Waals surface area (Å²) in [6.45, 7) is 1.99. The van der Waals surface area contributed by atoms with E-state index in [2.05, 4.69) is 23.7 Å². The Morgan fingerprint density at radius 1 is 0.565 bits per heavy atom. The Balaban J connectivity index is 2.36. The van der Waals surface area contributed by atoms with E-state index in [4.69, 9.17) is 37.9 Å². The van der Waals surface area contributed by atoms with Gasteiger partial charge in [-0.1, -0.05) is 30.6 Å². The van der Waals surface area contributed by atoms with Crippen LogP contribution in [-0.4, -0.2) is 74.3 Å². The number of hydrogen-bond acceptors (Lipinski definition) is 11. The van der Waals surface area contributed by atoms with Gasteiger partial charge in [0.25, 0.3) is 0 Å². The summed E-state index contributed by atoms with van der Waals surface area (Å²) in [7, 11) is 9.59. The molecule has 0 aliphatic carbocycles. The van der Waals surface area contributed by atoms with E-state index < -0.39 is 17.9 Å². The van der Waals surface area contributed by atoms with Gasteiger partial charge in [0.05, 0.1) is 73.1 Å². The molecule has 0 bridgehead atoms. The van der Waals surface area contributed by atoms with Gasteiger partial charge < -0.3 is 37.9 Å².